The highest BCUT2D eigenvalue weighted by Crippen LogP contribution is 2.58. The van der Waals surface area contributed by atoms with Gasteiger partial charge in [-0.2, -0.15) is 0 Å². The monoisotopic (exact) mass is 774 g/mol. The van der Waals surface area contributed by atoms with Crippen LogP contribution in [0, 0.1) is 0 Å². The highest BCUT2D eigenvalue weighted by atomic mass is 14.9. The Balaban J connectivity index is 1.21. The van der Waals surface area contributed by atoms with E-state index >= 15 is 0 Å². The van der Waals surface area contributed by atoms with Gasteiger partial charge in [-0.1, -0.05) is 224 Å². The van der Waals surface area contributed by atoms with E-state index < -0.39 is 5.41 Å². The second-order valence-electron chi connectivity index (χ2n) is 16.0. The molecule has 2 nitrogen and oxygen atoms in total. The maximum absolute atomic E-state index is 5.56. The Hall–Kier alpha value is -7.94. The molecular weight excluding hydrogens is 737 g/mol. The second-order valence-corrected chi connectivity index (χ2v) is 16.0. The van der Waals surface area contributed by atoms with Crippen molar-refractivity contribution in [1.29, 1.82) is 0 Å². The lowest BCUT2D eigenvalue weighted by molar-refractivity contribution is 0.768. The maximum atomic E-state index is 5.56. The van der Waals surface area contributed by atoms with E-state index in [9.17, 15) is 0 Å². The lowest BCUT2D eigenvalue weighted by Crippen LogP contribution is -2.28. The molecule has 0 amide bonds. The summed E-state index contributed by atoms with van der Waals surface area (Å²) in [6, 6.07) is 83.4. The van der Waals surface area contributed by atoms with Gasteiger partial charge >= 0.3 is 0 Å². The Morgan fingerprint density at radius 2 is 0.836 bits per heavy atom. The highest BCUT2D eigenvalue weighted by Gasteiger charge is 2.46. The van der Waals surface area contributed by atoms with Crippen LogP contribution in [0.2, 0.25) is 0 Å². The van der Waals surface area contributed by atoms with Gasteiger partial charge in [-0.3, -0.25) is 0 Å². The van der Waals surface area contributed by atoms with E-state index in [-0.39, 0.29) is 0 Å². The van der Waals surface area contributed by atoms with Gasteiger partial charge in [-0.05, 0) is 77.5 Å². The summed E-state index contributed by atoms with van der Waals surface area (Å²) in [7, 11) is 0. The molecule has 284 valence electrons. The third kappa shape index (κ3) is 5.36. The minimum absolute atomic E-state index is 0.527. The smallest absolute Gasteiger partial charge is 0.160 e. The zero-order chi connectivity index (χ0) is 40.3. The van der Waals surface area contributed by atoms with E-state index in [1.807, 2.05) is 0 Å². The zero-order valence-electron chi connectivity index (χ0n) is 33.3. The molecule has 0 saturated carbocycles. The lowest BCUT2D eigenvalue weighted by Gasteiger charge is -2.33. The fraction of sp³-hybridized carbons (Fsp3) is 0.0169. The van der Waals surface area contributed by atoms with Crippen LogP contribution in [0.4, 0.5) is 0 Å². The molecule has 0 saturated heterocycles. The molecule has 1 aliphatic carbocycles. The molecule has 0 bridgehead atoms. The Morgan fingerprint density at radius 3 is 1.54 bits per heavy atom. The van der Waals surface area contributed by atoms with Crippen LogP contribution in [0.25, 0.3) is 88.5 Å². The predicted octanol–water partition coefficient (Wildman–Crippen LogP) is 15.0. The summed E-state index contributed by atoms with van der Waals surface area (Å²) in [6.45, 7) is 0. The average molecular weight is 775 g/mol. The van der Waals surface area contributed by atoms with Crippen LogP contribution < -0.4 is 0 Å². The molecular formula is C59H38N2. The molecule has 11 aromatic rings. The molecule has 0 radical (unpaired) electrons. The molecule has 61 heavy (non-hydrogen) atoms. The molecule has 1 heterocycles. The SMILES string of the molecule is c1ccc(-c2nc(-c3cccc4c3-c3ccccc3C4(c3ccccc3)c3ccccc3)cc(-c3c4ccccc4c(-c4ccccc4)c4ccc5ccccc5c34)n2)cc1. The van der Waals surface area contributed by atoms with Crippen molar-refractivity contribution in [1.82, 2.24) is 9.97 Å². The van der Waals surface area contributed by atoms with Crippen LogP contribution in [0.1, 0.15) is 22.3 Å². The molecule has 0 N–H and O–H groups in total. The van der Waals surface area contributed by atoms with Gasteiger partial charge in [0, 0.05) is 22.1 Å². The lowest BCUT2D eigenvalue weighted by atomic mass is 9.67. The number of aromatic nitrogens is 2. The summed E-state index contributed by atoms with van der Waals surface area (Å²) < 4.78 is 0. The fourth-order valence-electron chi connectivity index (χ4n) is 10.3. The molecule has 0 spiro atoms. The Kier molecular flexibility index (Phi) is 8.11. The summed E-state index contributed by atoms with van der Waals surface area (Å²) in [5.74, 6) is 0.693. The Labute approximate surface area is 355 Å². The number of benzene rings is 10. The van der Waals surface area contributed by atoms with Crippen molar-refractivity contribution in [3.05, 3.63) is 253 Å². The van der Waals surface area contributed by atoms with Crippen molar-refractivity contribution in [2.24, 2.45) is 0 Å². The molecule has 0 atom stereocenters. The number of fused-ring (bicyclic) bond motifs is 7. The van der Waals surface area contributed by atoms with Crippen LogP contribution in [0.3, 0.4) is 0 Å². The largest absolute Gasteiger partial charge is 0.228 e. The van der Waals surface area contributed by atoms with Crippen LogP contribution in [-0.2, 0) is 5.41 Å². The molecule has 1 aromatic heterocycles. The molecule has 10 aromatic carbocycles. The molecule has 0 fully saturated rings. The van der Waals surface area contributed by atoms with E-state index in [4.69, 9.17) is 9.97 Å². The summed E-state index contributed by atoms with van der Waals surface area (Å²) in [4.78, 5) is 11.1. The molecule has 1 aliphatic rings. The van der Waals surface area contributed by atoms with Crippen molar-refractivity contribution in [3.8, 4) is 56.2 Å². The Bertz CT molecular complexity index is 3410. The minimum atomic E-state index is -0.527. The highest BCUT2D eigenvalue weighted by molar-refractivity contribution is 6.27. The minimum Gasteiger partial charge on any atom is -0.228 e. The molecule has 0 aliphatic heterocycles. The van der Waals surface area contributed by atoms with E-state index in [2.05, 4.69) is 231 Å². The van der Waals surface area contributed by atoms with E-state index in [0.717, 1.165) is 33.5 Å². The molecule has 0 unspecified atom stereocenters. The first-order valence-corrected chi connectivity index (χ1v) is 21.0. The van der Waals surface area contributed by atoms with E-state index in [0.29, 0.717) is 5.82 Å². The van der Waals surface area contributed by atoms with Crippen molar-refractivity contribution in [2.75, 3.05) is 0 Å². The summed E-state index contributed by atoms with van der Waals surface area (Å²) in [5, 5.41) is 7.13. The van der Waals surface area contributed by atoms with Gasteiger partial charge < -0.3 is 0 Å². The van der Waals surface area contributed by atoms with E-state index in [1.165, 1.54) is 71.4 Å². The number of hydrogen-bond acceptors (Lipinski definition) is 2. The quantitative estimate of drug-likeness (QED) is 0.124. The predicted molar refractivity (Wildman–Crippen MR) is 254 cm³/mol. The summed E-state index contributed by atoms with van der Waals surface area (Å²) >= 11 is 0. The number of hydrogen-bond donors (Lipinski definition) is 0. The van der Waals surface area contributed by atoms with Gasteiger partial charge in [0.1, 0.15) is 0 Å². The topological polar surface area (TPSA) is 25.8 Å². The van der Waals surface area contributed by atoms with Crippen LogP contribution in [0.15, 0.2) is 231 Å². The molecule has 12 rings (SSSR count). The van der Waals surface area contributed by atoms with Gasteiger partial charge in [0.05, 0.1) is 16.8 Å². The zero-order valence-corrected chi connectivity index (χ0v) is 33.3. The first-order chi connectivity index (χ1) is 30.3. The average Bonchev–Trinajstić information content (AvgIpc) is 3.65. The van der Waals surface area contributed by atoms with Crippen molar-refractivity contribution < 1.29 is 0 Å². The molecule has 2 heteroatoms. The normalized spacial score (nSPS) is 12.7. The van der Waals surface area contributed by atoms with Gasteiger partial charge in [-0.15, -0.1) is 0 Å². The van der Waals surface area contributed by atoms with Crippen molar-refractivity contribution in [2.45, 2.75) is 5.41 Å². The first kappa shape index (κ1) is 35.0. The van der Waals surface area contributed by atoms with Crippen molar-refractivity contribution in [3.63, 3.8) is 0 Å². The van der Waals surface area contributed by atoms with E-state index in [1.54, 1.807) is 0 Å². The third-order valence-corrected chi connectivity index (χ3v) is 12.7. The van der Waals surface area contributed by atoms with Crippen LogP contribution in [0.5, 0.6) is 0 Å². The number of rotatable bonds is 6. The van der Waals surface area contributed by atoms with Gasteiger partial charge in [0.2, 0.25) is 0 Å². The maximum Gasteiger partial charge on any atom is 0.160 e. The fourth-order valence-corrected chi connectivity index (χ4v) is 10.3. The van der Waals surface area contributed by atoms with Gasteiger partial charge in [0.25, 0.3) is 0 Å². The Morgan fingerprint density at radius 1 is 0.311 bits per heavy atom. The summed E-state index contributed by atoms with van der Waals surface area (Å²) in [5.41, 5.74) is 14.3. The van der Waals surface area contributed by atoms with Gasteiger partial charge in [-0.25, -0.2) is 9.97 Å². The third-order valence-electron chi connectivity index (χ3n) is 12.7. The van der Waals surface area contributed by atoms with Gasteiger partial charge in [0.15, 0.2) is 5.82 Å². The summed E-state index contributed by atoms with van der Waals surface area (Å²) in [6.07, 6.45) is 0. The van der Waals surface area contributed by atoms with Crippen LogP contribution in [-0.4, -0.2) is 9.97 Å². The standard InChI is InChI=1S/C59H38N2/c1-5-21-40(22-6-1)54-45-30-15-16-31-46(45)57(56-44-29-14-13-20-39(44)36-37-49(54)56)53-38-52(60-58(61-53)41-23-7-2-8-24-41)48-33-19-35-51-55(48)47-32-17-18-34-50(47)59(51,42-25-9-3-10-26-42)43-27-11-4-12-28-43/h1-38H. The first-order valence-electron chi connectivity index (χ1n) is 21.0. The van der Waals surface area contributed by atoms with Crippen LogP contribution >= 0.6 is 0 Å². The van der Waals surface area contributed by atoms with Crippen molar-refractivity contribution >= 4 is 32.3 Å². The second kappa shape index (κ2) is 14.1. The number of nitrogens with zero attached hydrogens (tertiary/aromatic N) is 2.